The van der Waals surface area contributed by atoms with E-state index in [0.717, 1.165) is 26.7 Å². The van der Waals surface area contributed by atoms with Gasteiger partial charge >= 0.3 is 0 Å². The zero-order valence-electron chi connectivity index (χ0n) is 19.5. The number of amides is 2. The van der Waals surface area contributed by atoms with Crippen molar-refractivity contribution in [2.75, 3.05) is 20.3 Å². The first-order chi connectivity index (χ1) is 17.4. The Morgan fingerprint density at radius 3 is 1.47 bits per heavy atom. The molecule has 0 bridgehead atoms. The van der Waals surface area contributed by atoms with E-state index in [2.05, 4.69) is 0 Å². The van der Waals surface area contributed by atoms with Gasteiger partial charge in [-0.2, -0.15) is 0 Å². The van der Waals surface area contributed by atoms with Crippen molar-refractivity contribution in [3.63, 3.8) is 0 Å². The first-order valence-corrected chi connectivity index (χ1v) is 11.8. The number of carbonyl (C=O) groups excluding carboxylic acids is 2. The molecule has 184 valence electrons. The number of rotatable bonds is 6. The first-order valence-electron chi connectivity index (χ1n) is 11.8. The molecule has 1 aliphatic heterocycles. The zero-order valence-corrected chi connectivity index (χ0v) is 19.5. The van der Waals surface area contributed by atoms with Crippen LogP contribution in [0.15, 0.2) is 48.5 Å². The Morgan fingerprint density at radius 2 is 1.08 bits per heavy atom. The number of aliphatic hydroxyl groups is 4. The number of nitrogens with zero attached hydrogens (tertiary/aromatic N) is 3. The summed E-state index contributed by atoms with van der Waals surface area (Å²) in [6, 6.07) is 14.9. The summed E-state index contributed by atoms with van der Waals surface area (Å²) in [5, 5.41) is 42.9. The Morgan fingerprint density at radius 1 is 0.694 bits per heavy atom. The van der Waals surface area contributed by atoms with E-state index in [0.29, 0.717) is 32.9 Å². The lowest BCUT2D eigenvalue weighted by Gasteiger charge is -2.16. The van der Waals surface area contributed by atoms with Gasteiger partial charge in [0.15, 0.2) is 0 Å². The Balaban J connectivity index is 1.94. The number of fused-ring (bicyclic) bond motifs is 10. The molecule has 0 aliphatic carbocycles. The number of aliphatic hydroxyl groups excluding tert-OH is 4. The molecule has 0 radical (unpaired) electrons. The third-order valence-corrected chi connectivity index (χ3v) is 7.16. The number of hydrogen-bond donors (Lipinski definition) is 4. The normalized spacial score (nSPS) is 15.6. The molecule has 2 aromatic heterocycles. The maximum absolute atomic E-state index is 13.5. The van der Waals surface area contributed by atoms with Crippen molar-refractivity contribution in [1.29, 1.82) is 0 Å². The molecule has 0 saturated carbocycles. The number of para-hydroxylation sites is 2. The fraction of sp³-hybridized carbons (Fsp3) is 0.259. The lowest BCUT2D eigenvalue weighted by atomic mass is 9.96. The van der Waals surface area contributed by atoms with Crippen LogP contribution in [0.5, 0.6) is 0 Å². The molecule has 3 heterocycles. The topological polar surface area (TPSA) is 128 Å². The van der Waals surface area contributed by atoms with Crippen LogP contribution in [0.3, 0.4) is 0 Å². The average molecular weight is 488 g/mol. The van der Waals surface area contributed by atoms with Gasteiger partial charge in [0.2, 0.25) is 0 Å². The second-order valence-corrected chi connectivity index (χ2v) is 9.29. The van der Waals surface area contributed by atoms with Gasteiger partial charge < -0.3 is 29.6 Å². The van der Waals surface area contributed by atoms with E-state index in [1.54, 1.807) is 0 Å². The summed E-state index contributed by atoms with van der Waals surface area (Å²) >= 11 is 0. The van der Waals surface area contributed by atoms with Crippen molar-refractivity contribution < 1.29 is 30.0 Å². The Labute approximate surface area is 205 Å². The van der Waals surface area contributed by atoms with Gasteiger partial charge in [0.05, 0.1) is 60.7 Å². The van der Waals surface area contributed by atoms with E-state index in [-0.39, 0.29) is 13.1 Å². The molecule has 6 rings (SSSR count). The summed E-state index contributed by atoms with van der Waals surface area (Å²) in [6.07, 6.45) is -2.12. The summed E-state index contributed by atoms with van der Waals surface area (Å²) in [7, 11) is 1.46. The predicted molar refractivity (Wildman–Crippen MR) is 135 cm³/mol. The summed E-state index contributed by atoms with van der Waals surface area (Å²) in [4.78, 5) is 28.1. The lowest BCUT2D eigenvalue weighted by molar-refractivity contribution is 0.0694. The van der Waals surface area contributed by atoms with Gasteiger partial charge in [0.1, 0.15) is 0 Å². The van der Waals surface area contributed by atoms with Crippen LogP contribution >= 0.6 is 0 Å². The molecule has 0 spiro atoms. The van der Waals surface area contributed by atoms with Crippen LogP contribution in [-0.2, 0) is 13.1 Å². The first kappa shape index (κ1) is 22.7. The number of benzene rings is 3. The SMILES string of the molecule is CN1C(=O)c2c(c3c4ccccc4n(CC(O)CO)c3c3c2c2ccccc2n3CC(O)CO)C1=O. The van der Waals surface area contributed by atoms with Gasteiger partial charge in [-0.15, -0.1) is 0 Å². The zero-order chi connectivity index (χ0) is 25.3. The highest BCUT2D eigenvalue weighted by Gasteiger charge is 2.40. The fourth-order valence-corrected chi connectivity index (χ4v) is 5.63. The van der Waals surface area contributed by atoms with Gasteiger partial charge in [-0.25, -0.2) is 0 Å². The van der Waals surface area contributed by atoms with Crippen molar-refractivity contribution in [2.24, 2.45) is 0 Å². The highest BCUT2D eigenvalue weighted by molar-refractivity contribution is 6.39. The lowest BCUT2D eigenvalue weighted by Crippen LogP contribution is -2.24. The van der Waals surface area contributed by atoms with Crippen molar-refractivity contribution >= 4 is 55.4 Å². The molecule has 2 amide bonds. The predicted octanol–water partition coefficient (Wildman–Crippen LogP) is 1.83. The highest BCUT2D eigenvalue weighted by Crippen LogP contribution is 2.46. The molecular formula is C27H25N3O6. The molecule has 5 aromatic rings. The van der Waals surface area contributed by atoms with Crippen LogP contribution < -0.4 is 0 Å². The highest BCUT2D eigenvalue weighted by atomic mass is 16.3. The van der Waals surface area contributed by atoms with Gasteiger partial charge in [-0.1, -0.05) is 36.4 Å². The van der Waals surface area contributed by atoms with E-state index >= 15 is 0 Å². The van der Waals surface area contributed by atoms with Crippen molar-refractivity contribution in [1.82, 2.24) is 14.0 Å². The summed E-state index contributed by atoms with van der Waals surface area (Å²) in [5.74, 6) is -0.806. The molecule has 3 aromatic carbocycles. The van der Waals surface area contributed by atoms with Gasteiger partial charge in [0, 0.05) is 39.6 Å². The van der Waals surface area contributed by atoms with Crippen molar-refractivity contribution in [3.05, 3.63) is 59.7 Å². The van der Waals surface area contributed by atoms with Crippen LogP contribution in [0.25, 0.3) is 43.6 Å². The summed E-state index contributed by atoms with van der Waals surface area (Å²) in [5.41, 5.74) is 3.34. The second kappa shape index (κ2) is 8.14. The molecular weight excluding hydrogens is 462 g/mol. The standard InChI is InChI=1S/C27H25N3O6/c1-28-26(35)22-20-16-6-2-4-8-18(16)29(10-14(33)12-31)24(20)25-21(23(22)27(28)36)17-7-3-5-9-19(17)30(25)11-15(34)13-32/h2-9,14-15,31-34H,10-13H2,1H3. The van der Waals surface area contributed by atoms with E-state index in [9.17, 15) is 30.0 Å². The molecule has 0 fully saturated rings. The summed E-state index contributed by atoms with van der Waals surface area (Å²) in [6.45, 7) is -0.796. The monoisotopic (exact) mass is 487 g/mol. The fourth-order valence-electron chi connectivity index (χ4n) is 5.63. The molecule has 4 N–H and O–H groups in total. The molecule has 1 aliphatic rings. The number of aromatic nitrogens is 2. The number of hydrogen-bond acceptors (Lipinski definition) is 6. The minimum atomic E-state index is -1.06. The van der Waals surface area contributed by atoms with Gasteiger partial charge in [-0.05, 0) is 12.1 Å². The molecule has 2 unspecified atom stereocenters. The average Bonchev–Trinajstić information content (AvgIpc) is 3.47. The quantitative estimate of drug-likeness (QED) is 0.271. The Bertz CT molecular complexity index is 1590. The van der Waals surface area contributed by atoms with Crippen LogP contribution in [0.2, 0.25) is 0 Å². The Hall–Kier alpha value is -3.76. The maximum Gasteiger partial charge on any atom is 0.262 e. The van der Waals surface area contributed by atoms with E-state index < -0.39 is 37.2 Å². The molecule has 0 saturated heterocycles. The van der Waals surface area contributed by atoms with Crippen molar-refractivity contribution in [3.8, 4) is 0 Å². The third kappa shape index (κ3) is 2.91. The maximum atomic E-state index is 13.5. The summed E-state index contributed by atoms with van der Waals surface area (Å²) < 4.78 is 3.73. The minimum Gasteiger partial charge on any atom is -0.394 e. The van der Waals surface area contributed by atoms with Crippen LogP contribution in [0.1, 0.15) is 20.7 Å². The largest absolute Gasteiger partial charge is 0.394 e. The van der Waals surface area contributed by atoms with Crippen LogP contribution in [0.4, 0.5) is 0 Å². The molecule has 2 atom stereocenters. The number of imide groups is 1. The van der Waals surface area contributed by atoms with Crippen molar-refractivity contribution in [2.45, 2.75) is 25.3 Å². The molecule has 9 heteroatoms. The van der Waals surface area contributed by atoms with Gasteiger partial charge in [0.25, 0.3) is 11.8 Å². The Kier molecular flexibility index (Phi) is 5.13. The van der Waals surface area contributed by atoms with Crippen LogP contribution in [-0.4, -0.2) is 78.7 Å². The minimum absolute atomic E-state index is 0.0520. The molecule has 36 heavy (non-hydrogen) atoms. The van der Waals surface area contributed by atoms with E-state index in [1.165, 1.54) is 7.05 Å². The van der Waals surface area contributed by atoms with Crippen LogP contribution in [0, 0.1) is 0 Å². The van der Waals surface area contributed by atoms with E-state index in [4.69, 9.17) is 0 Å². The third-order valence-electron chi connectivity index (χ3n) is 7.16. The molecule has 9 nitrogen and oxygen atoms in total. The smallest absolute Gasteiger partial charge is 0.262 e. The number of carbonyl (C=O) groups is 2. The second-order valence-electron chi connectivity index (χ2n) is 9.29. The van der Waals surface area contributed by atoms with Gasteiger partial charge in [-0.3, -0.25) is 14.5 Å². The van der Waals surface area contributed by atoms with E-state index in [1.807, 2.05) is 57.7 Å².